The van der Waals surface area contributed by atoms with Crippen LogP contribution in [0, 0.1) is 5.92 Å². The van der Waals surface area contributed by atoms with Crippen LogP contribution in [-0.2, 0) is 10.0 Å². The van der Waals surface area contributed by atoms with Gasteiger partial charge in [-0.05, 0) is 49.8 Å². The minimum Gasteiger partial charge on any atom is -0.396 e. The summed E-state index contributed by atoms with van der Waals surface area (Å²) >= 11 is 0. The molecule has 1 aliphatic carbocycles. The van der Waals surface area contributed by atoms with E-state index in [-0.39, 0.29) is 18.2 Å². The summed E-state index contributed by atoms with van der Waals surface area (Å²) in [5.74, 6) is -0.166. The molecule has 1 aliphatic heterocycles. The number of hydrogen-bond donors (Lipinski definition) is 2. The average molecular weight is 484 g/mol. The Balaban J connectivity index is 1.71. The van der Waals surface area contributed by atoms with Crippen molar-refractivity contribution in [3.05, 3.63) is 47.8 Å². The Morgan fingerprint density at radius 3 is 2.44 bits per heavy atom. The molecular weight excluding hydrogens is 454 g/mol. The van der Waals surface area contributed by atoms with Crippen molar-refractivity contribution in [2.75, 3.05) is 30.9 Å². The van der Waals surface area contributed by atoms with Crippen LogP contribution in [0.2, 0.25) is 0 Å². The zero-order valence-corrected chi connectivity index (χ0v) is 20.0. The van der Waals surface area contributed by atoms with Gasteiger partial charge in [-0.1, -0.05) is 24.6 Å². The van der Waals surface area contributed by atoms with E-state index in [4.69, 9.17) is 5.10 Å². The molecule has 0 radical (unpaired) electrons. The summed E-state index contributed by atoms with van der Waals surface area (Å²) in [4.78, 5) is 19.7. The summed E-state index contributed by atoms with van der Waals surface area (Å²) < 4.78 is 27.3. The molecule has 10 heteroatoms. The SMILES string of the molecule is CS(=O)(=O)NC(=O)c1cc(N2CCC(CO)CC2)c2c(C3CCC3)nn(-c3ccccc3)c2n1. The van der Waals surface area contributed by atoms with E-state index in [2.05, 4.69) is 9.88 Å². The lowest BCUT2D eigenvalue weighted by atomic mass is 9.82. The van der Waals surface area contributed by atoms with E-state index in [1.165, 1.54) is 0 Å². The summed E-state index contributed by atoms with van der Waals surface area (Å²) in [6.07, 6.45) is 5.91. The Morgan fingerprint density at radius 2 is 1.85 bits per heavy atom. The third kappa shape index (κ3) is 4.39. The van der Waals surface area contributed by atoms with Crippen molar-refractivity contribution in [2.24, 2.45) is 5.92 Å². The number of para-hydroxylation sites is 1. The highest BCUT2D eigenvalue weighted by Gasteiger charge is 2.31. The molecule has 5 rings (SSSR count). The van der Waals surface area contributed by atoms with E-state index >= 15 is 0 Å². The molecule has 180 valence electrons. The lowest BCUT2D eigenvalue weighted by molar-refractivity contribution is 0.0977. The molecule has 1 saturated carbocycles. The quantitative estimate of drug-likeness (QED) is 0.553. The number of aliphatic hydroxyl groups is 1. The summed E-state index contributed by atoms with van der Waals surface area (Å²) in [5, 5.41) is 15.5. The molecule has 2 aromatic heterocycles. The second-order valence-electron chi connectivity index (χ2n) is 9.30. The first-order valence-corrected chi connectivity index (χ1v) is 13.6. The summed E-state index contributed by atoms with van der Waals surface area (Å²) in [6, 6.07) is 11.3. The number of amides is 1. The van der Waals surface area contributed by atoms with Gasteiger partial charge < -0.3 is 10.0 Å². The minimum atomic E-state index is -3.74. The third-order valence-corrected chi connectivity index (χ3v) is 7.42. The highest BCUT2D eigenvalue weighted by molar-refractivity contribution is 7.89. The molecule has 34 heavy (non-hydrogen) atoms. The van der Waals surface area contributed by atoms with Crippen molar-refractivity contribution in [1.29, 1.82) is 0 Å². The number of aliphatic hydroxyl groups excluding tert-OH is 1. The van der Waals surface area contributed by atoms with Gasteiger partial charge in [0.1, 0.15) is 5.69 Å². The average Bonchev–Trinajstić information content (AvgIpc) is 3.16. The van der Waals surface area contributed by atoms with E-state index in [1.54, 1.807) is 10.7 Å². The fourth-order valence-corrected chi connectivity index (χ4v) is 5.22. The molecule has 1 saturated heterocycles. The van der Waals surface area contributed by atoms with Crippen LogP contribution in [0.3, 0.4) is 0 Å². The molecule has 3 heterocycles. The van der Waals surface area contributed by atoms with Crippen molar-refractivity contribution in [1.82, 2.24) is 19.5 Å². The van der Waals surface area contributed by atoms with Crippen molar-refractivity contribution in [3.8, 4) is 5.69 Å². The molecule has 1 amide bonds. The maximum Gasteiger partial charge on any atom is 0.283 e. The molecule has 2 aliphatic rings. The number of pyridine rings is 1. The Morgan fingerprint density at radius 1 is 1.15 bits per heavy atom. The molecule has 3 aromatic rings. The number of fused-ring (bicyclic) bond motifs is 1. The Hall–Kier alpha value is -2.98. The number of carbonyl (C=O) groups excluding carboxylic acids is 1. The van der Waals surface area contributed by atoms with Gasteiger partial charge >= 0.3 is 0 Å². The number of hydrogen-bond acceptors (Lipinski definition) is 7. The molecule has 0 spiro atoms. The molecule has 0 unspecified atom stereocenters. The van der Waals surface area contributed by atoms with Gasteiger partial charge in [0.2, 0.25) is 10.0 Å². The van der Waals surface area contributed by atoms with Gasteiger partial charge in [0.25, 0.3) is 5.91 Å². The van der Waals surface area contributed by atoms with E-state index in [9.17, 15) is 18.3 Å². The van der Waals surface area contributed by atoms with Gasteiger partial charge in [-0.25, -0.2) is 22.8 Å². The Kier molecular flexibility index (Phi) is 6.03. The van der Waals surface area contributed by atoms with Crippen LogP contribution in [-0.4, -0.2) is 60.1 Å². The van der Waals surface area contributed by atoms with Gasteiger partial charge in [-0.2, -0.15) is 5.10 Å². The highest BCUT2D eigenvalue weighted by Crippen LogP contribution is 2.43. The van der Waals surface area contributed by atoms with Gasteiger partial charge in [0.15, 0.2) is 5.65 Å². The Bertz CT molecular complexity index is 1310. The maximum absolute atomic E-state index is 12.9. The summed E-state index contributed by atoms with van der Waals surface area (Å²) in [5.41, 5.74) is 3.25. The number of nitrogens with zero attached hydrogens (tertiary/aromatic N) is 4. The summed E-state index contributed by atoms with van der Waals surface area (Å²) in [6.45, 7) is 1.64. The number of piperidine rings is 1. The highest BCUT2D eigenvalue weighted by atomic mass is 32.2. The zero-order chi connectivity index (χ0) is 23.9. The molecule has 0 bridgehead atoms. The number of anilines is 1. The zero-order valence-electron chi connectivity index (χ0n) is 19.1. The van der Waals surface area contributed by atoms with Crippen LogP contribution in [0.4, 0.5) is 5.69 Å². The number of benzene rings is 1. The van der Waals surface area contributed by atoms with Gasteiger partial charge in [-0.3, -0.25) is 4.79 Å². The topological polar surface area (TPSA) is 117 Å². The minimum absolute atomic E-state index is 0.0365. The number of nitrogens with one attached hydrogen (secondary N) is 1. The number of rotatable bonds is 6. The predicted molar refractivity (Wildman–Crippen MR) is 130 cm³/mol. The first-order valence-electron chi connectivity index (χ1n) is 11.7. The van der Waals surface area contributed by atoms with Crippen molar-refractivity contribution in [2.45, 2.75) is 38.0 Å². The summed E-state index contributed by atoms with van der Waals surface area (Å²) in [7, 11) is -3.74. The number of carbonyl (C=O) groups is 1. The van der Waals surface area contributed by atoms with Crippen LogP contribution in [0.1, 0.15) is 54.2 Å². The Labute approximate surface area is 198 Å². The van der Waals surface area contributed by atoms with E-state index < -0.39 is 15.9 Å². The molecular formula is C24H29N5O4S. The molecule has 2 N–H and O–H groups in total. The molecule has 1 aromatic carbocycles. The van der Waals surface area contributed by atoms with Gasteiger partial charge in [-0.15, -0.1) is 0 Å². The van der Waals surface area contributed by atoms with E-state index in [0.717, 1.165) is 73.9 Å². The van der Waals surface area contributed by atoms with Crippen molar-refractivity contribution >= 4 is 32.7 Å². The monoisotopic (exact) mass is 483 g/mol. The van der Waals surface area contributed by atoms with Crippen molar-refractivity contribution in [3.63, 3.8) is 0 Å². The number of sulfonamides is 1. The van der Waals surface area contributed by atoms with Crippen molar-refractivity contribution < 1.29 is 18.3 Å². The number of aromatic nitrogens is 3. The van der Waals surface area contributed by atoms with Crippen LogP contribution in [0.25, 0.3) is 16.7 Å². The van der Waals surface area contributed by atoms with Crippen LogP contribution < -0.4 is 9.62 Å². The molecule has 0 atom stereocenters. The molecule has 2 fully saturated rings. The second kappa shape index (κ2) is 8.99. The van der Waals surface area contributed by atoms with Crippen LogP contribution >= 0.6 is 0 Å². The molecule has 9 nitrogen and oxygen atoms in total. The van der Waals surface area contributed by atoms with E-state index in [0.29, 0.717) is 11.6 Å². The largest absolute Gasteiger partial charge is 0.396 e. The normalized spacial score (nSPS) is 17.6. The van der Waals surface area contributed by atoms with Crippen LogP contribution in [0.15, 0.2) is 36.4 Å². The van der Waals surface area contributed by atoms with E-state index in [1.807, 2.05) is 35.1 Å². The lowest BCUT2D eigenvalue weighted by Gasteiger charge is -2.34. The second-order valence-corrected chi connectivity index (χ2v) is 11.1. The predicted octanol–water partition coefficient (Wildman–Crippen LogP) is 2.59. The lowest BCUT2D eigenvalue weighted by Crippen LogP contribution is -2.35. The standard InChI is InChI=1S/C24H29N5O4S/c1-34(32,33)27-24(31)19-14-20(28-12-10-16(15-30)11-13-28)21-22(17-6-5-7-17)26-29(23(21)25-19)18-8-3-2-4-9-18/h2-4,8-9,14,16-17,30H,5-7,10-13,15H2,1H3,(H,27,31). The van der Waals surface area contributed by atoms with Crippen LogP contribution in [0.5, 0.6) is 0 Å². The van der Waals surface area contributed by atoms with Gasteiger partial charge in [0, 0.05) is 25.6 Å². The fourth-order valence-electron chi connectivity index (χ4n) is 4.78. The fraction of sp³-hybridized carbons (Fsp3) is 0.458. The van der Waals surface area contributed by atoms with Gasteiger partial charge in [0.05, 0.1) is 28.7 Å². The smallest absolute Gasteiger partial charge is 0.283 e. The maximum atomic E-state index is 12.9. The first-order chi connectivity index (χ1) is 16.3. The first kappa shape index (κ1) is 22.8. The third-order valence-electron chi connectivity index (χ3n) is 6.86.